The van der Waals surface area contributed by atoms with Crippen molar-refractivity contribution in [3.05, 3.63) is 95.8 Å². The first-order chi connectivity index (χ1) is 15.1. The van der Waals surface area contributed by atoms with Crippen molar-refractivity contribution < 1.29 is 4.79 Å². The zero-order chi connectivity index (χ0) is 21.5. The van der Waals surface area contributed by atoms with Gasteiger partial charge in [-0.25, -0.2) is 0 Å². The maximum atomic E-state index is 11.2. The third kappa shape index (κ3) is 5.59. The van der Waals surface area contributed by atoms with E-state index in [0.29, 0.717) is 0 Å². The van der Waals surface area contributed by atoms with Crippen LogP contribution in [0.3, 0.4) is 0 Å². The van der Waals surface area contributed by atoms with Crippen LogP contribution in [0.4, 0.5) is 5.69 Å². The monoisotopic (exact) mass is 413 g/mol. The summed E-state index contributed by atoms with van der Waals surface area (Å²) >= 11 is 0. The number of aromatic nitrogens is 1. The Balaban J connectivity index is 1.41. The van der Waals surface area contributed by atoms with Gasteiger partial charge in [-0.05, 0) is 79.1 Å². The van der Waals surface area contributed by atoms with E-state index in [-0.39, 0.29) is 11.3 Å². The highest BCUT2D eigenvalue weighted by molar-refractivity contribution is 5.88. The number of nitrogens with zero attached hydrogens (tertiary/aromatic N) is 2. The molecule has 1 aliphatic rings. The maximum Gasteiger partial charge on any atom is 0.221 e. The molecule has 0 aliphatic carbocycles. The van der Waals surface area contributed by atoms with Gasteiger partial charge in [0.05, 0.1) is 0 Å². The Morgan fingerprint density at radius 3 is 2.35 bits per heavy atom. The van der Waals surface area contributed by atoms with Crippen LogP contribution >= 0.6 is 0 Å². The lowest BCUT2D eigenvalue weighted by atomic mass is 9.69. The Morgan fingerprint density at radius 1 is 0.968 bits per heavy atom. The molecule has 4 rings (SSSR count). The minimum absolute atomic E-state index is 0.0361. The highest BCUT2D eigenvalue weighted by Gasteiger charge is 2.36. The molecule has 0 spiro atoms. The molecular weight excluding hydrogens is 382 g/mol. The van der Waals surface area contributed by atoms with Gasteiger partial charge in [0.2, 0.25) is 5.91 Å². The van der Waals surface area contributed by atoms with Gasteiger partial charge in [0, 0.05) is 31.5 Å². The van der Waals surface area contributed by atoms with Crippen molar-refractivity contribution in [1.29, 1.82) is 0 Å². The summed E-state index contributed by atoms with van der Waals surface area (Å²) in [4.78, 5) is 18.2. The number of nitrogens with one attached hydrogen (secondary N) is 1. The van der Waals surface area contributed by atoms with Crippen LogP contribution in [0.15, 0.2) is 79.1 Å². The normalized spacial score (nSPS) is 16.0. The summed E-state index contributed by atoms with van der Waals surface area (Å²) < 4.78 is 0. The molecular formula is C27H31N3O. The lowest BCUT2D eigenvalue weighted by Crippen LogP contribution is -2.42. The Labute approximate surface area is 185 Å². The van der Waals surface area contributed by atoms with E-state index in [1.807, 2.05) is 18.3 Å². The third-order valence-electron chi connectivity index (χ3n) is 6.50. The van der Waals surface area contributed by atoms with Crippen molar-refractivity contribution in [2.24, 2.45) is 0 Å². The molecule has 1 saturated heterocycles. The summed E-state index contributed by atoms with van der Waals surface area (Å²) in [5.41, 5.74) is 5.12. The summed E-state index contributed by atoms with van der Waals surface area (Å²) in [6.07, 6.45) is 8.49. The number of aryl methyl sites for hydroxylation is 1. The van der Waals surface area contributed by atoms with Crippen LogP contribution in [0, 0.1) is 0 Å². The summed E-state index contributed by atoms with van der Waals surface area (Å²) in [7, 11) is 0. The number of hydrogen-bond donors (Lipinski definition) is 1. The SMILES string of the molecule is CC(=O)Nc1ccc(CN2CCC(CCc3ccccc3)(c3cccnc3)CC2)cc1. The first-order valence-electron chi connectivity index (χ1n) is 11.2. The molecule has 1 aliphatic heterocycles. The van der Waals surface area contributed by atoms with Crippen LogP contribution in [-0.2, 0) is 23.2 Å². The van der Waals surface area contributed by atoms with Crippen molar-refractivity contribution in [2.45, 2.75) is 44.6 Å². The summed E-state index contributed by atoms with van der Waals surface area (Å²) in [6, 6.07) is 23.3. The number of rotatable bonds is 7. The Kier molecular flexibility index (Phi) is 6.78. The summed E-state index contributed by atoms with van der Waals surface area (Å²) in [5.74, 6) is -0.0361. The molecule has 1 aromatic heterocycles. The molecule has 1 N–H and O–H groups in total. The molecule has 160 valence electrons. The van der Waals surface area contributed by atoms with Gasteiger partial charge in [-0.1, -0.05) is 48.5 Å². The standard InChI is InChI=1S/C27H31N3O/c1-22(31)29-26-11-9-24(10-12-26)21-30-18-15-27(16-19-30,25-8-5-17-28-20-25)14-13-23-6-3-2-4-7-23/h2-12,17,20H,13-16,18-19,21H2,1H3,(H,29,31). The number of carbonyl (C=O) groups is 1. The number of hydrogen-bond acceptors (Lipinski definition) is 3. The van der Waals surface area contributed by atoms with E-state index in [1.165, 1.54) is 23.6 Å². The number of benzene rings is 2. The van der Waals surface area contributed by atoms with Crippen molar-refractivity contribution >= 4 is 11.6 Å². The third-order valence-corrected chi connectivity index (χ3v) is 6.50. The van der Waals surface area contributed by atoms with Gasteiger partial charge in [-0.2, -0.15) is 0 Å². The predicted molar refractivity (Wildman–Crippen MR) is 126 cm³/mol. The van der Waals surface area contributed by atoms with E-state index >= 15 is 0 Å². The van der Waals surface area contributed by atoms with Crippen LogP contribution < -0.4 is 5.32 Å². The lowest BCUT2D eigenvalue weighted by Gasteiger charge is -2.42. The molecule has 0 unspecified atom stereocenters. The highest BCUT2D eigenvalue weighted by Crippen LogP contribution is 2.39. The number of piperidine rings is 1. The van der Waals surface area contributed by atoms with E-state index in [9.17, 15) is 4.79 Å². The van der Waals surface area contributed by atoms with Crippen LogP contribution in [0.2, 0.25) is 0 Å². The maximum absolute atomic E-state index is 11.2. The van der Waals surface area contributed by atoms with E-state index < -0.39 is 0 Å². The van der Waals surface area contributed by atoms with Crippen LogP contribution in [0.25, 0.3) is 0 Å². The molecule has 0 bridgehead atoms. The second kappa shape index (κ2) is 9.88. The smallest absolute Gasteiger partial charge is 0.221 e. The molecule has 2 heterocycles. The largest absolute Gasteiger partial charge is 0.326 e. The van der Waals surface area contributed by atoms with Gasteiger partial charge in [-0.15, -0.1) is 0 Å². The summed E-state index contributed by atoms with van der Waals surface area (Å²) in [6.45, 7) is 4.64. The zero-order valence-electron chi connectivity index (χ0n) is 18.3. The quantitative estimate of drug-likeness (QED) is 0.579. The topological polar surface area (TPSA) is 45.2 Å². The minimum atomic E-state index is -0.0361. The number of carbonyl (C=O) groups excluding carboxylic acids is 1. The second-order valence-electron chi connectivity index (χ2n) is 8.66. The van der Waals surface area contributed by atoms with Gasteiger partial charge in [0.15, 0.2) is 0 Å². The van der Waals surface area contributed by atoms with Gasteiger partial charge < -0.3 is 5.32 Å². The molecule has 0 radical (unpaired) electrons. The molecule has 0 saturated carbocycles. The molecule has 4 heteroatoms. The van der Waals surface area contributed by atoms with E-state index in [1.54, 1.807) is 0 Å². The molecule has 1 amide bonds. The van der Waals surface area contributed by atoms with Crippen molar-refractivity contribution in [3.63, 3.8) is 0 Å². The molecule has 3 aromatic rings. The van der Waals surface area contributed by atoms with Gasteiger partial charge in [0.25, 0.3) is 0 Å². The Hall–Kier alpha value is -2.98. The van der Waals surface area contributed by atoms with Crippen molar-refractivity contribution in [3.8, 4) is 0 Å². The van der Waals surface area contributed by atoms with Gasteiger partial charge in [0.1, 0.15) is 0 Å². The molecule has 2 aromatic carbocycles. The first kappa shape index (κ1) is 21.3. The van der Waals surface area contributed by atoms with Crippen LogP contribution in [-0.4, -0.2) is 28.9 Å². The van der Waals surface area contributed by atoms with Crippen molar-refractivity contribution in [1.82, 2.24) is 9.88 Å². The zero-order valence-corrected chi connectivity index (χ0v) is 18.3. The number of anilines is 1. The summed E-state index contributed by atoms with van der Waals surface area (Å²) in [5, 5.41) is 2.83. The fraction of sp³-hybridized carbons (Fsp3) is 0.333. The fourth-order valence-corrected chi connectivity index (χ4v) is 4.68. The average molecular weight is 414 g/mol. The van der Waals surface area contributed by atoms with Crippen molar-refractivity contribution in [2.75, 3.05) is 18.4 Å². The predicted octanol–water partition coefficient (Wildman–Crippen LogP) is 5.21. The number of likely N-dealkylation sites (tertiary alicyclic amines) is 1. The van der Waals surface area contributed by atoms with Crippen LogP contribution in [0.5, 0.6) is 0 Å². The Bertz CT molecular complexity index is 962. The average Bonchev–Trinajstić information content (AvgIpc) is 2.81. The highest BCUT2D eigenvalue weighted by atomic mass is 16.1. The van der Waals surface area contributed by atoms with Crippen LogP contribution in [0.1, 0.15) is 42.9 Å². The number of pyridine rings is 1. The molecule has 1 fully saturated rings. The van der Waals surface area contributed by atoms with E-state index in [0.717, 1.165) is 51.0 Å². The first-order valence-corrected chi connectivity index (χ1v) is 11.2. The number of amides is 1. The second-order valence-corrected chi connectivity index (χ2v) is 8.66. The molecule has 4 nitrogen and oxygen atoms in total. The van der Waals surface area contributed by atoms with E-state index in [2.05, 4.69) is 76.0 Å². The Morgan fingerprint density at radius 2 is 1.71 bits per heavy atom. The lowest BCUT2D eigenvalue weighted by molar-refractivity contribution is -0.114. The van der Waals surface area contributed by atoms with E-state index in [4.69, 9.17) is 0 Å². The van der Waals surface area contributed by atoms with Gasteiger partial charge in [-0.3, -0.25) is 14.7 Å². The molecule has 0 atom stereocenters. The minimum Gasteiger partial charge on any atom is -0.326 e. The molecule has 31 heavy (non-hydrogen) atoms. The van der Waals surface area contributed by atoms with Gasteiger partial charge >= 0.3 is 0 Å². The fourth-order valence-electron chi connectivity index (χ4n) is 4.68.